The fourth-order valence-corrected chi connectivity index (χ4v) is 2.29. The molecule has 0 spiro atoms. The number of nitrogens with one attached hydrogen (secondary N) is 1. The molecule has 3 rings (SSSR count). The number of carbonyl (C=O) groups is 1. The maximum atomic E-state index is 12.3. The van der Waals surface area contributed by atoms with Crippen LogP contribution in [0.15, 0.2) is 48.8 Å². The highest BCUT2D eigenvalue weighted by molar-refractivity contribution is 5.93. The zero-order valence-corrected chi connectivity index (χ0v) is 13.7. The van der Waals surface area contributed by atoms with E-state index in [0.717, 1.165) is 5.52 Å². The Kier molecular flexibility index (Phi) is 4.79. The van der Waals surface area contributed by atoms with E-state index in [2.05, 4.69) is 20.1 Å². The third-order valence-corrected chi connectivity index (χ3v) is 3.59. The topological polar surface area (TPSA) is 68.5 Å². The lowest BCUT2D eigenvalue weighted by atomic mass is 10.1. The van der Waals surface area contributed by atoms with Gasteiger partial charge < -0.3 is 10.1 Å². The fraction of sp³-hybridized carbons (Fsp3) is 0.235. The standard InChI is InChI=1S/C17H15F3N4O2/c1-11(12-5-6-15(21-9-12)26-10-17(18,19)20)22-16(25)14-8-13-4-2-3-7-24(13)23-14/h2-9,11H,10H2,1H3,(H,22,25). The maximum absolute atomic E-state index is 12.3. The first-order valence-corrected chi connectivity index (χ1v) is 7.72. The van der Waals surface area contributed by atoms with Gasteiger partial charge >= 0.3 is 6.18 Å². The van der Waals surface area contributed by atoms with Crippen molar-refractivity contribution >= 4 is 11.4 Å². The SMILES string of the molecule is CC(NC(=O)c1cc2ccccn2n1)c1ccc(OCC(F)(F)F)nc1. The van der Waals surface area contributed by atoms with Crippen LogP contribution in [0.2, 0.25) is 0 Å². The average molecular weight is 364 g/mol. The maximum Gasteiger partial charge on any atom is 0.422 e. The Morgan fingerprint density at radius 2 is 2.12 bits per heavy atom. The quantitative estimate of drug-likeness (QED) is 0.755. The molecule has 0 bridgehead atoms. The van der Waals surface area contributed by atoms with Crippen molar-refractivity contribution in [2.45, 2.75) is 19.1 Å². The van der Waals surface area contributed by atoms with Crippen LogP contribution < -0.4 is 10.1 Å². The smallest absolute Gasteiger partial charge is 0.422 e. The Labute approximate surface area is 146 Å². The highest BCUT2D eigenvalue weighted by atomic mass is 19.4. The molecule has 136 valence electrons. The van der Waals surface area contributed by atoms with E-state index in [1.165, 1.54) is 12.3 Å². The van der Waals surface area contributed by atoms with Crippen molar-refractivity contribution in [1.82, 2.24) is 19.9 Å². The number of amides is 1. The van der Waals surface area contributed by atoms with Gasteiger partial charge in [0.2, 0.25) is 5.88 Å². The summed E-state index contributed by atoms with van der Waals surface area (Å²) < 4.78 is 42.5. The Morgan fingerprint density at radius 3 is 2.77 bits per heavy atom. The van der Waals surface area contributed by atoms with Gasteiger partial charge in [-0.15, -0.1) is 0 Å². The number of fused-ring (bicyclic) bond motifs is 1. The first-order chi connectivity index (χ1) is 12.3. The molecule has 1 unspecified atom stereocenters. The predicted octanol–water partition coefficient (Wildman–Crippen LogP) is 3.16. The van der Waals surface area contributed by atoms with E-state index in [1.807, 2.05) is 12.1 Å². The third kappa shape index (κ3) is 4.29. The van der Waals surface area contributed by atoms with Gasteiger partial charge in [0.15, 0.2) is 12.3 Å². The number of nitrogens with zero attached hydrogens (tertiary/aromatic N) is 3. The molecule has 9 heteroatoms. The molecule has 0 aliphatic heterocycles. The van der Waals surface area contributed by atoms with Crippen LogP contribution in [0.3, 0.4) is 0 Å². The third-order valence-electron chi connectivity index (χ3n) is 3.59. The molecule has 0 saturated heterocycles. The number of hydrogen-bond acceptors (Lipinski definition) is 4. The lowest BCUT2D eigenvalue weighted by Crippen LogP contribution is -2.27. The lowest BCUT2D eigenvalue weighted by molar-refractivity contribution is -0.154. The van der Waals surface area contributed by atoms with Gasteiger partial charge in [-0.3, -0.25) is 4.79 Å². The van der Waals surface area contributed by atoms with Crippen molar-refractivity contribution < 1.29 is 22.7 Å². The Hall–Kier alpha value is -3.10. The van der Waals surface area contributed by atoms with E-state index in [1.54, 1.807) is 35.8 Å². The molecule has 6 nitrogen and oxygen atoms in total. The second kappa shape index (κ2) is 7.03. The van der Waals surface area contributed by atoms with Crippen LogP contribution in [0.5, 0.6) is 5.88 Å². The van der Waals surface area contributed by atoms with Crippen LogP contribution in [0.4, 0.5) is 13.2 Å². The highest BCUT2D eigenvalue weighted by Crippen LogP contribution is 2.19. The predicted molar refractivity (Wildman–Crippen MR) is 86.9 cm³/mol. The minimum atomic E-state index is -4.42. The molecular formula is C17H15F3N4O2. The summed E-state index contributed by atoms with van der Waals surface area (Å²) in [7, 11) is 0. The number of aromatic nitrogens is 3. The molecule has 0 radical (unpaired) electrons. The van der Waals surface area contributed by atoms with Crippen LogP contribution in [0.25, 0.3) is 5.52 Å². The number of halogens is 3. The van der Waals surface area contributed by atoms with Crippen LogP contribution in [0.1, 0.15) is 29.0 Å². The Morgan fingerprint density at radius 1 is 1.31 bits per heavy atom. The van der Waals surface area contributed by atoms with E-state index < -0.39 is 18.8 Å². The summed E-state index contributed by atoms with van der Waals surface area (Å²) in [6.07, 6.45) is -1.32. The number of hydrogen-bond donors (Lipinski definition) is 1. The average Bonchev–Trinajstić information content (AvgIpc) is 3.04. The molecule has 1 atom stereocenters. The van der Waals surface area contributed by atoms with Crippen LogP contribution in [-0.2, 0) is 0 Å². The van der Waals surface area contributed by atoms with E-state index >= 15 is 0 Å². The molecule has 0 fully saturated rings. The normalized spacial score (nSPS) is 12.8. The zero-order valence-electron chi connectivity index (χ0n) is 13.7. The minimum absolute atomic E-state index is 0.134. The van der Waals surface area contributed by atoms with Gasteiger partial charge in [0.25, 0.3) is 5.91 Å². The second-order valence-electron chi connectivity index (χ2n) is 5.63. The van der Waals surface area contributed by atoms with Crippen molar-refractivity contribution in [3.8, 4) is 5.88 Å². The summed E-state index contributed by atoms with van der Waals surface area (Å²) in [5, 5.41) is 6.96. The summed E-state index contributed by atoms with van der Waals surface area (Å²) in [5.41, 5.74) is 1.68. The molecule has 1 N–H and O–H groups in total. The van der Waals surface area contributed by atoms with Crippen LogP contribution in [-0.4, -0.2) is 33.3 Å². The molecular weight excluding hydrogens is 349 g/mol. The van der Waals surface area contributed by atoms with E-state index in [0.29, 0.717) is 5.56 Å². The van der Waals surface area contributed by atoms with Crippen molar-refractivity contribution in [2.75, 3.05) is 6.61 Å². The van der Waals surface area contributed by atoms with E-state index in [9.17, 15) is 18.0 Å². The summed E-state index contributed by atoms with van der Waals surface area (Å²) >= 11 is 0. The van der Waals surface area contributed by atoms with Gasteiger partial charge in [0.1, 0.15) is 0 Å². The molecule has 0 aromatic carbocycles. The molecule has 26 heavy (non-hydrogen) atoms. The summed E-state index contributed by atoms with van der Waals surface area (Å²) in [6, 6.07) is 9.61. The lowest BCUT2D eigenvalue weighted by Gasteiger charge is -2.14. The molecule has 3 aromatic rings. The van der Waals surface area contributed by atoms with Gasteiger partial charge in [0.05, 0.1) is 11.6 Å². The van der Waals surface area contributed by atoms with Gasteiger partial charge in [0, 0.05) is 18.5 Å². The molecule has 3 aromatic heterocycles. The Bertz CT molecular complexity index is 873. The molecule has 0 saturated carbocycles. The van der Waals surface area contributed by atoms with Crippen molar-refractivity contribution in [1.29, 1.82) is 0 Å². The molecule has 0 aliphatic rings. The summed E-state index contributed by atoms with van der Waals surface area (Å²) in [6.45, 7) is 0.334. The van der Waals surface area contributed by atoms with E-state index in [-0.39, 0.29) is 17.5 Å². The highest BCUT2D eigenvalue weighted by Gasteiger charge is 2.28. The number of pyridine rings is 2. The fourth-order valence-electron chi connectivity index (χ4n) is 2.29. The summed E-state index contributed by atoms with van der Waals surface area (Å²) in [4.78, 5) is 16.1. The van der Waals surface area contributed by atoms with E-state index in [4.69, 9.17) is 0 Å². The first kappa shape index (κ1) is 17.7. The second-order valence-corrected chi connectivity index (χ2v) is 5.63. The van der Waals surface area contributed by atoms with Gasteiger partial charge in [-0.2, -0.15) is 18.3 Å². The van der Waals surface area contributed by atoms with Crippen molar-refractivity contribution in [2.24, 2.45) is 0 Å². The van der Waals surface area contributed by atoms with Crippen molar-refractivity contribution in [3.05, 3.63) is 60.0 Å². The first-order valence-electron chi connectivity index (χ1n) is 7.72. The largest absolute Gasteiger partial charge is 0.468 e. The van der Waals surface area contributed by atoms with Gasteiger partial charge in [-0.25, -0.2) is 9.50 Å². The summed E-state index contributed by atoms with van der Waals surface area (Å²) in [5.74, 6) is -0.497. The zero-order chi connectivity index (χ0) is 18.7. The Balaban J connectivity index is 1.63. The monoisotopic (exact) mass is 364 g/mol. The van der Waals surface area contributed by atoms with Crippen LogP contribution in [0, 0.1) is 0 Å². The molecule has 3 heterocycles. The van der Waals surface area contributed by atoms with Gasteiger partial charge in [-0.05, 0) is 30.7 Å². The number of carbonyl (C=O) groups excluding carboxylic acids is 1. The number of ether oxygens (including phenoxy) is 1. The van der Waals surface area contributed by atoms with Crippen molar-refractivity contribution in [3.63, 3.8) is 0 Å². The number of rotatable bonds is 5. The minimum Gasteiger partial charge on any atom is -0.468 e. The molecule has 1 amide bonds. The van der Waals surface area contributed by atoms with Gasteiger partial charge in [-0.1, -0.05) is 12.1 Å². The number of alkyl halides is 3. The molecule has 0 aliphatic carbocycles. The van der Waals surface area contributed by atoms with Crippen LogP contribution >= 0.6 is 0 Å².